The van der Waals surface area contributed by atoms with Crippen molar-refractivity contribution in [3.05, 3.63) is 21.9 Å². The number of amides is 1. The third-order valence-electron chi connectivity index (χ3n) is 1.57. The molecule has 0 saturated heterocycles. The van der Waals surface area contributed by atoms with E-state index in [0.29, 0.717) is 17.0 Å². The van der Waals surface area contributed by atoms with Gasteiger partial charge in [0, 0.05) is 17.5 Å². The van der Waals surface area contributed by atoms with Gasteiger partial charge in [-0.15, -0.1) is 11.3 Å². The van der Waals surface area contributed by atoms with Crippen LogP contribution in [0.15, 0.2) is 11.4 Å². The van der Waals surface area contributed by atoms with Crippen molar-refractivity contribution in [3.63, 3.8) is 0 Å². The van der Waals surface area contributed by atoms with E-state index in [4.69, 9.17) is 0 Å². The molecule has 0 radical (unpaired) electrons. The number of hydrogen-bond donors (Lipinski definition) is 1. The van der Waals surface area contributed by atoms with E-state index in [9.17, 15) is 9.59 Å². The monoisotopic (exact) mass is 197 g/mol. The number of nitrogens with one attached hydrogen (secondary N) is 1. The van der Waals surface area contributed by atoms with Gasteiger partial charge in [0.1, 0.15) is 0 Å². The number of thiophene rings is 1. The summed E-state index contributed by atoms with van der Waals surface area (Å²) >= 11 is 1.29. The fraction of sp³-hybridized carbons (Fsp3) is 0.333. The molecule has 0 unspecified atom stereocenters. The van der Waals surface area contributed by atoms with Gasteiger partial charge in [-0.05, 0) is 19.9 Å². The highest BCUT2D eigenvalue weighted by Crippen LogP contribution is 2.14. The Morgan fingerprint density at radius 2 is 2.23 bits per heavy atom. The molecule has 13 heavy (non-hydrogen) atoms. The van der Waals surface area contributed by atoms with Crippen LogP contribution >= 0.6 is 11.3 Å². The second-order valence-electron chi connectivity index (χ2n) is 2.62. The molecule has 0 atom stereocenters. The van der Waals surface area contributed by atoms with Crippen LogP contribution in [0.5, 0.6) is 0 Å². The summed E-state index contributed by atoms with van der Waals surface area (Å²) in [4.78, 5) is 22.8. The lowest BCUT2D eigenvalue weighted by molar-refractivity contribution is 0.0959. The Kier molecular flexibility index (Phi) is 3.19. The van der Waals surface area contributed by atoms with Gasteiger partial charge in [-0.3, -0.25) is 9.59 Å². The van der Waals surface area contributed by atoms with Crippen LogP contribution in [-0.4, -0.2) is 18.2 Å². The molecule has 0 aliphatic heterocycles. The molecular weight excluding hydrogens is 186 g/mol. The summed E-state index contributed by atoms with van der Waals surface area (Å²) in [6.45, 7) is 3.95. The average molecular weight is 197 g/mol. The van der Waals surface area contributed by atoms with Crippen LogP contribution in [0, 0.1) is 0 Å². The van der Waals surface area contributed by atoms with Crippen LogP contribution < -0.4 is 5.32 Å². The third kappa shape index (κ3) is 2.39. The minimum Gasteiger partial charge on any atom is -0.352 e. The zero-order chi connectivity index (χ0) is 9.84. The average Bonchev–Trinajstić information content (AvgIpc) is 2.52. The summed E-state index contributed by atoms with van der Waals surface area (Å²) in [7, 11) is 0. The maximum atomic E-state index is 11.3. The zero-order valence-corrected chi connectivity index (χ0v) is 8.40. The first-order valence-electron chi connectivity index (χ1n) is 4.02. The first-order chi connectivity index (χ1) is 6.15. The van der Waals surface area contributed by atoms with Crippen molar-refractivity contribution in [1.82, 2.24) is 5.32 Å². The van der Waals surface area contributed by atoms with Crippen LogP contribution in [0.4, 0.5) is 0 Å². The molecule has 1 aromatic heterocycles. The van der Waals surface area contributed by atoms with Gasteiger partial charge in [-0.1, -0.05) is 0 Å². The molecule has 1 amide bonds. The van der Waals surface area contributed by atoms with Crippen LogP contribution in [0.3, 0.4) is 0 Å². The summed E-state index contributed by atoms with van der Waals surface area (Å²) in [5.41, 5.74) is 0.603. The molecule has 1 heterocycles. The second-order valence-corrected chi connectivity index (χ2v) is 3.53. The first kappa shape index (κ1) is 9.92. The first-order valence-corrected chi connectivity index (χ1v) is 4.90. The fourth-order valence-electron chi connectivity index (χ4n) is 0.888. The van der Waals surface area contributed by atoms with E-state index >= 15 is 0 Å². The van der Waals surface area contributed by atoms with E-state index in [0.717, 1.165) is 0 Å². The van der Waals surface area contributed by atoms with Crippen molar-refractivity contribution in [2.45, 2.75) is 13.8 Å². The Labute approximate surface area is 80.8 Å². The molecule has 0 aliphatic carbocycles. The van der Waals surface area contributed by atoms with Crippen molar-refractivity contribution in [2.24, 2.45) is 0 Å². The Balaban J connectivity index is 2.79. The lowest BCUT2D eigenvalue weighted by Gasteiger charge is -1.96. The second kappa shape index (κ2) is 4.18. The Morgan fingerprint density at radius 3 is 2.69 bits per heavy atom. The van der Waals surface area contributed by atoms with Gasteiger partial charge in [0.25, 0.3) is 5.91 Å². The number of hydrogen-bond acceptors (Lipinski definition) is 3. The Bertz CT molecular complexity index is 330. The zero-order valence-electron chi connectivity index (χ0n) is 7.59. The van der Waals surface area contributed by atoms with Gasteiger partial charge in [-0.25, -0.2) is 0 Å². The van der Waals surface area contributed by atoms with E-state index in [-0.39, 0.29) is 11.7 Å². The standard InChI is InChI=1S/C9H11NO2S/c1-3-10-9(12)8-4-7(5-13-8)6(2)11/h4-5H,3H2,1-2H3,(H,10,12). The highest BCUT2D eigenvalue weighted by atomic mass is 32.1. The van der Waals surface area contributed by atoms with Crippen LogP contribution in [0.25, 0.3) is 0 Å². The molecule has 4 heteroatoms. The van der Waals surface area contributed by atoms with Gasteiger partial charge in [0.2, 0.25) is 0 Å². The van der Waals surface area contributed by atoms with Crippen molar-refractivity contribution >= 4 is 23.0 Å². The predicted octanol–water partition coefficient (Wildman–Crippen LogP) is 1.70. The van der Waals surface area contributed by atoms with Gasteiger partial charge in [0.15, 0.2) is 5.78 Å². The topological polar surface area (TPSA) is 46.2 Å². The minimum absolute atomic E-state index is 0.00759. The normalized spacial score (nSPS) is 9.69. The summed E-state index contributed by atoms with van der Waals surface area (Å²) < 4.78 is 0. The van der Waals surface area contributed by atoms with E-state index < -0.39 is 0 Å². The van der Waals surface area contributed by atoms with Gasteiger partial charge >= 0.3 is 0 Å². The van der Waals surface area contributed by atoms with Gasteiger partial charge < -0.3 is 5.32 Å². The Morgan fingerprint density at radius 1 is 1.54 bits per heavy atom. The van der Waals surface area contributed by atoms with E-state index in [1.807, 2.05) is 6.92 Å². The van der Waals surface area contributed by atoms with E-state index in [1.165, 1.54) is 18.3 Å². The molecule has 70 valence electrons. The quantitative estimate of drug-likeness (QED) is 0.750. The maximum absolute atomic E-state index is 11.3. The number of carbonyl (C=O) groups is 2. The molecule has 0 bridgehead atoms. The molecule has 1 N–H and O–H groups in total. The third-order valence-corrected chi connectivity index (χ3v) is 2.50. The number of rotatable bonds is 3. The van der Waals surface area contributed by atoms with Gasteiger partial charge in [0.05, 0.1) is 4.88 Å². The fourth-order valence-corrected chi connectivity index (χ4v) is 1.75. The molecular formula is C9H11NO2S. The van der Waals surface area contributed by atoms with Crippen molar-refractivity contribution < 1.29 is 9.59 Å². The summed E-state index contributed by atoms with van der Waals surface area (Å²) in [5.74, 6) is -0.119. The lowest BCUT2D eigenvalue weighted by Crippen LogP contribution is -2.21. The molecule has 0 fully saturated rings. The Hall–Kier alpha value is -1.16. The highest BCUT2D eigenvalue weighted by Gasteiger charge is 2.09. The van der Waals surface area contributed by atoms with E-state index in [2.05, 4.69) is 5.32 Å². The molecule has 0 aromatic carbocycles. The SMILES string of the molecule is CCNC(=O)c1cc(C(C)=O)cs1. The van der Waals surface area contributed by atoms with E-state index in [1.54, 1.807) is 11.4 Å². The number of Topliss-reactive ketones (excluding diaryl/α,β-unsaturated/α-hetero) is 1. The molecule has 0 aliphatic rings. The molecule has 0 spiro atoms. The number of carbonyl (C=O) groups excluding carboxylic acids is 2. The molecule has 3 nitrogen and oxygen atoms in total. The lowest BCUT2D eigenvalue weighted by atomic mass is 10.2. The smallest absolute Gasteiger partial charge is 0.261 e. The summed E-state index contributed by atoms with van der Waals surface area (Å²) in [5, 5.41) is 4.38. The highest BCUT2D eigenvalue weighted by molar-refractivity contribution is 7.12. The molecule has 1 aromatic rings. The summed E-state index contributed by atoms with van der Waals surface area (Å²) in [6, 6.07) is 1.62. The van der Waals surface area contributed by atoms with Crippen molar-refractivity contribution in [2.75, 3.05) is 6.54 Å². The largest absolute Gasteiger partial charge is 0.352 e. The number of ketones is 1. The van der Waals surface area contributed by atoms with Crippen molar-refractivity contribution in [3.8, 4) is 0 Å². The van der Waals surface area contributed by atoms with Gasteiger partial charge in [-0.2, -0.15) is 0 Å². The van der Waals surface area contributed by atoms with Crippen LogP contribution in [-0.2, 0) is 0 Å². The van der Waals surface area contributed by atoms with Crippen LogP contribution in [0.2, 0.25) is 0 Å². The maximum Gasteiger partial charge on any atom is 0.261 e. The summed E-state index contributed by atoms with van der Waals surface area (Å²) in [6.07, 6.45) is 0. The van der Waals surface area contributed by atoms with Crippen molar-refractivity contribution in [1.29, 1.82) is 0 Å². The molecule has 0 saturated carbocycles. The van der Waals surface area contributed by atoms with Crippen LogP contribution in [0.1, 0.15) is 33.9 Å². The minimum atomic E-state index is -0.111. The predicted molar refractivity (Wildman–Crippen MR) is 52.3 cm³/mol. The molecule has 1 rings (SSSR count).